The average Bonchev–Trinajstić information content (AvgIpc) is 3.25. The predicted molar refractivity (Wildman–Crippen MR) is 179 cm³/mol. The molecule has 1 atom stereocenters. The van der Waals surface area contributed by atoms with Crippen LogP contribution in [0.5, 0.6) is 5.75 Å². The van der Waals surface area contributed by atoms with E-state index >= 15 is 0 Å². The second-order valence-corrected chi connectivity index (χ2v) is 14.0. The first-order valence-corrected chi connectivity index (χ1v) is 17.3. The molecule has 2 aromatic carbocycles. The van der Waals surface area contributed by atoms with E-state index in [0.29, 0.717) is 83.9 Å². The molecule has 0 saturated carbocycles. The number of carbonyl (C=O) groups is 3. The van der Waals surface area contributed by atoms with Gasteiger partial charge in [0.25, 0.3) is 0 Å². The van der Waals surface area contributed by atoms with Gasteiger partial charge >= 0.3 is 6.03 Å². The Balaban J connectivity index is 1.10. The molecule has 4 heterocycles. The largest absolute Gasteiger partial charge is 0.632 e. The van der Waals surface area contributed by atoms with Gasteiger partial charge in [0.1, 0.15) is 5.75 Å². The summed E-state index contributed by atoms with van der Waals surface area (Å²) in [6.45, 7) is 5.99. The molecule has 0 unspecified atom stereocenters. The van der Waals surface area contributed by atoms with Crippen LogP contribution in [0.25, 0.3) is 0 Å². The molecular weight excluding hydrogens is 622 g/mol. The zero-order valence-corrected chi connectivity index (χ0v) is 27.9. The lowest BCUT2D eigenvalue weighted by atomic mass is 9.92. The second-order valence-electron chi connectivity index (χ2n) is 13.6. The standard InChI is InChI=1S/C35H46ClN5O6/c1-24-20-25(22-30(36)33(24)43)21-27(34(44)39-14-16-41(46,17-15-39)29-9-18-47-19-10-29)23-32(42)38-11-7-28(8-12-38)40-13-6-26-4-2-3-5-31(26)37-35(40)45/h2-5,20,22,27-29,43H,6-19,21,23H2,1H3,(H,37,45)/t27-/m0/s1. The Labute approximate surface area is 281 Å². The van der Waals surface area contributed by atoms with Gasteiger partial charge in [0.05, 0.1) is 56.4 Å². The van der Waals surface area contributed by atoms with Crippen LogP contribution in [0.15, 0.2) is 36.4 Å². The van der Waals surface area contributed by atoms with E-state index in [0.717, 1.165) is 36.1 Å². The Bertz CT molecular complexity index is 1440. The zero-order valence-electron chi connectivity index (χ0n) is 27.2. The van der Waals surface area contributed by atoms with Crippen molar-refractivity contribution in [3.05, 3.63) is 63.3 Å². The lowest BCUT2D eigenvalue weighted by molar-refractivity contribution is -0.910. The third-order valence-electron chi connectivity index (χ3n) is 10.6. The van der Waals surface area contributed by atoms with Crippen molar-refractivity contribution in [2.45, 2.75) is 64.0 Å². The summed E-state index contributed by atoms with van der Waals surface area (Å²) in [7, 11) is 0. The Morgan fingerprint density at radius 2 is 1.74 bits per heavy atom. The number of anilines is 1. The minimum absolute atomic E-state index is 0.000808. The number of para-hydroxylation sites is 1. The maximum atomic E-state index is 14.1. The maximum absolute atomic E-state index is 14.1. The number of hydroxylamine groups is 3. The number of ether oxygens (including phenoxy) is 1. The van der Waals surface area contributed by atoms with Gasteiger partial charge in [-0.3, -0.25) is 9.59 Å². The highest BCUT2D eigenvalue weighted by Gasteiger charge is 2.38. The first kappa shape index (κ1) is 33.5. The maximum Gasteiger partial charge on any atom is 0.322 e. The predicted octanol–water partition coefficient (Wildman–Crippen LogP) is 4.32. The highest BCUT2D eigenvalue weighted by atomic mass is 35.5. The van der Waals surface area contributed by atoms with Gasteiger partial charge < -0.3 is 39.7 Å². The molecule has 2 aromatic rings. The van der Waals surface area contributed by atoms with E-state index < -0.39 is 5.92 Å². The van der Waals surface area contributed by atoms with Crippen LogP contribution in [0.1, 0.15) is 48.8 Å². The average molecular weight is 668 g/mol. The Morgan fingerprint density at radius 1 is 1.04 bits per heavy atom. The van der Waals surface area contributed by atoms with Crippen LogP contribution in [-0.2, 0) is 27.2 Å². The number of halogens is 1. The van der Waals surface area contributed by atoms with Gasteiger partial charge in [-0.15, -0.1) is 0 Å². The number of hydrogen-bond donors (Lipinski definition) is 2. The number of quaternary nitrogens is 1. The molecule has 254 valence electrons. The molecule has 3 fully saturated rings. The van der Waals surface area contributed by atoms with E-state index in [2.05, 4.69) is 5.32 Å². The number of amides is 4. The fraction of sp³-hybridized carbons (Fsp3) is 0.571. The highest BCUT2D eigenvalue weighted by molar-refractivity contribution is 6.32. The second kappa shape index (κ2) is 14.4. The molecule has 11 nitrogen and oxygen atoms in total. The van der Waals surface area contributed by atoms with Gasteiger partial charge in [-0.1, -0.05) is 35.9 Å². The molecule has 4 aliphatic rings. The summed E-state index contributed by atoms with van der Waals surface area (Å²) < 4.78 is 5.17. The Hall–Kier alpha value is -3.38. The number of urea groups is 1. The SMILES string of the molecule is Cc1cc(C[C@@H](CC(=O)N2CCC(N3CCc4ccccc4NC3=O)CC2)C(=O)N2CC[N+]([O-])(C3CCOCC3)CC2)cc(Cl)c1O. The van der Waals surface area contributed by atoms with Crippen molar-refractivity contribution in [2.24, 2.45) is 5.92 Å². The number of aryl methyl sites for hydroxylation is 1. The van der Waals surface area contributed by atoms with Gasteiger partial charge in [0, 0.05) is 50.6 Å². The molecule has 0 spiro atoms. The van der Waals surface area contributed by atoms with Gasteiger partial charge in [0.2, 0.25) is 11.8 Å². The number of phenolic OH excluding ortho intramolecular Hbond substituents is 1. The van der Waals surface area contributed by atoms with Crippen molar-refractivity contribution in [3.63, 3.8) is 0 Å². The van der Waals surface area contributed by atoms with Crippen LogP contribution >= 0.6 is 11.6 Å². The van der Waals surface area contributed by atoms with Gasteiger partial charge in [-0.2, -0.15) is 0 Å². The number of carbonyl (C=O) groups excluding carboxylic acids is 3. The summed E-state index contributed by atoms with van der Waals surface area (Å²) in [5, 5.41) is 27.1. The molecule has 4 aliphatic heterocycles. The third kappa shape index (κ3) is 7.53. The van der Waals surface area contributed by atoms with Crippen LogP contribution in [0.2, 0.25) is 5.02 Å². The highest BCUT2D eigenvalue weighted by Crippen LogP contribution is 2.32. The summed E-state index contributed by atoms with van der Waals surface area (Å²) in [5.41, 5.74) is 3.35. The smallest absolute Gasteiger partial charge is 0.322 e. The zero-order chi connectivity index (χ0) is 33.1. The molecular formula is C35H46ClN5O6. The van der Waals surface area contributed by atoms with E-state index in [1.165, 1.54) is 0 Å². The molecule has 0 aliphatic carbocycles. The van der Waals surface area contributed by atoms with Crippen molar-refractivity contribution in [1.29, 1.82) is 0 Å². The summed E-state index contributed by atoms with van der Waals surface area (Å²) >= 11 is 6.29. The van der Waals surface area contributed by atoms with Crippen LogP contribution in [0, 0.1) is 18.0 Å². The third-order valence-corrected chi connectivity index (χ3v) is 10.9. The lowest BCUT2D eigenvalue weighted by Crippen LogP contribution is -2.63. The van der Waals surface area contributed by atoms with Gasteiger partial charge in [-0.05, 0) is 61.4 Å². The number of fused-ring (bicyclic) bond motifs is 1. The molecule has 6 rings (SSSR count). The molecule has 0 bridgehead atoms. The van der Waals surface area contributed by atoms with Crippen molar-refractivity contribution >= 4 is 35.1 Å². The van der Waals surface area contributed by atoms with Crippen molar-refractivity contribution < 1.29 is 28.9 Å². The summed E-state index contributed by atoms with van der Waals surface area (Å²) in [5.74, 6) is -0.851. The molecule has 4 amide bonds. The molecule has 47 heavy (non-hydrogen) atoms. The first-order valence-electron chi connectivity index (χ1n) is 17.0. The van der Waals surface area contributed by atoms with Crippen molar-refractivity contribution in [3.8, 4) is 5.75 Å². The molecule has 0 radical (unpaired) electrons. The van der Waals surface area contributed by atoms with E-state index in [1.54, 1.807) is 17.9 Å². The van der Waals surface area contributed by atoms with Crippen LogP contribution in [0.3, 0.4) is 0 Å². The quantitative estimate of drug-likeness (QED) is 0.335. The monoisotopic (exact) mass is 667 g/mol. The number of likely N-dealkylation sites (tertiary alicyclic amines) is 1. The number of rotatable bonds is 7. The van der Waals surface area contributed by atoms with Gasteiger partial charge in [0.15, 0.2) is 0 Å². The van der Waals surface area contributed by atoms with Crippen molar-refractivity contribution in [1.82, 2.24) is 14.7 Å². The topological polar surface area (TPSA) is 125 Å². The van der Waals surface area contributed by atoms with E-state index in [1.807, 2.05) is 40.1 Å². The van der Waals surface area contributed by atoms with E-state index in [-0.39, 0.29) is 51.8 Å². The minimum Gasteiger partial charge on any atom is -0.632 e. The first-order chi connectivity index (χ1) is 22.6. The summed E-state index contributed by atoms with van der Waals surface area (Å²) in [4.78, 5) is 46.4. The fourth-order valence-corrected chi connectivity index (χ4v) is 8.05. The number of nitrogens with one attached hydrogen (secondary N) is 1. The number of piperazine rings is 1. The van der Waals surface area contributed by atoms with Crippen LogP contribution in [0.4, 0.5) is 10.5 Å². The van der Waals surface area contributed by atoms with Crippen LogP contribution in [-0.4, -0.2) is 113 Å². The molecule has 2 N–H and O–H groups in total. The summed E-state index contributed by atoms with van der Waals surface area (Å²) in [6.07, 6.45) is 3.92. The Morgan fingerprint density at radius 3 is 2.45 bits per heavy atom. The van der Waals surface area contributed by atoms with Crippen molar-refractivity contribution in [2.75, 3.05) is 64.3 Å². The van der Waals surface area contributed by atoms with Gasteiger partial charge in [-0.25, -0.2) is 4.79 Å². The normalized spacial score (nSPS) is 21.5. The number of aromatic hydroxyl groups is 1. The fourth-order valence-electron chi connectivity index (χ4n) is 7.76. The Kier molecular flexibility index (Phi) is 10.3. The van der Waals surface area contributed by atoms with Crippen LogP contribution < -0.4 is 5.32 Å². The number of benzene rings is 2. The number of piperidine rings is 1. The number of nitrogens with zero attached hydrogens (tertiary/aromatic N) is 4. The molecule has 12 heteroatoms. The molecule has 0 aromatic heterocycles. The number of hydrogen-bond acceptors (Lipinski definition) is 6. The lowest BCUT2D eigenvalue weighted by Gasteiger charge is -2.54. The van der Waals surface area contributed by atoms with E-state index in [4.69, 9.17) is 16.3 Å². The van der Waals surface area contributed by atoms with E-state index in [9.17, 15) is 24.7 Å². The summed E-state index contributed by atoms with van der Waals surface area (Å²) in [6, 6.07) is 11.3. The molecule has 3 saturated heterocycles. The number of phenols is 1. The minimum atomic E-state index is -0.634.